The van der Waals surface area contributed by atoms with Gasteiger partial charge in [-0.3, -0.25) is 0 Å². The van der Waals surface area contributed by atoms with Crippen molar-refractivity contribution in [1.29, 1.82) is 0 Å². The molecule has 1 aliphatic carbocycles. The van der Waals surface area contributed by atoms with Gasteiger partial charge in [0.1, 0.15) is 11.2 Å². The molecule has 272 valence electrons. The maximum absolute atomic E-state index is 6.75. The fourth-order valence-electron chi connectivity index (χ4n) is 9.12. The van der Waals surface area contributed by atoms with Crippen LogP contribution in [-0.2, 0) is 0 Å². The zero-order chi connectivity index (χ0) is 38.2. The molecule has 0 saturated heterocycles. The summed E-state index contributed by atoms with van der Waals surface area (Å²) in [5.41, 5.74) is 13.0. The van der Waals surface area contributed by atoms with Crippen molar-refractivity contribution in [3.05, 3.63) is 205 Å². The van der Waals surface area contributed by atoms with Crippen LogP contribution in [0.4, 0.5) is 11.4 Å². The first kappa shape index (κ1) is 32.6. The minimum atomic E-state index is 0.135. The summed E-state index contributed by atoms with van der Waals surface area (Å²) in [6.07, 6.45) is 4.66. The van der Waals surface area contributed by atoms with Crippen LogP contribution in [0.2, 0.25) is 0 Å². The molecule has 2 atom stereocenters. The maximum atomic E-state index is 6.75. The van der Waals surface area contributed by atoms with Crippen molar-refractivity contribution in [3.8, 4) is 45.3 Å². The number of benzene rings is 8. The molecule has 0 N–H and O–H groups in total. The highest BCUT2D eigenvalue weighted by atomic mass is 16.3. The number of anilines is 2. The zero-order valence-corrected chi connectivity index (χ0v) is 31.3. The summed E-state index contributed by atoms with van der Waals surface area (Å²) in [6, 6.07) is 64.1. The van der Waals surface area contributed by atoms with Crippen molar-refractivity contribution in [2.75, 3.05) is 4.90 Å². The smallest absolute Gasteiger partial charge is 0.164 e. The van der Waals surface area contributed by atoms with Crippen LogP contribution < -0.4 is 4.90 Å². The molecular formula is C53H34N4O. The molecule has 2 aliphatic rings. The molecule has 0 fully saturated rings. The number of hydrogen-bond donors (Lipinski definition) is 0. The molecule has 58 heavy (non-hydrogen) atoms. The molecule has 10 aromatic rings. The van der Waals surface area contributed by atoms with Gasteiger partial charge in [0, 0.05) is 50.5 Å². The summed E-state index contributed by atoms with van der Waals surface area (Å²) in [5, 5.41) is 4.62. The number of rotatable bonds is 5. The second-order valence-corrected chi connectivity index (χ2v) is 15.2. The molecule has 2 aromatic heterocycles. The lowest BCUT2D eigenvalue weighted by atomic mass is 9.81. The Kier molecular flexibility index (Phi) is 7.29. The van der Waals surface area contributed by atoms with E-state index in [0.717, 1.165) is 49.9 Å². The minimum absolute atomic E-state index is 0.135. The lowest BCUT2D eigenvalue weighted by Crippen LogP contribution is -2.30. The third-order valence-corrected chi connectivity index (χ3v) is 11.9. The first-order valence-corrected chi connectivity index (χ1v) is 19.8. The summed E-state index contributed by atoms with van der Waals surface area (Å²) in [5.74, 6) is 2.06. The van der Waals surface area contributed by atoms with Crippen LogP contribution in [0.1, 0.15) is 22.6 Å². The van der Waals surface area contributed by atoms with Crippen molar-refractivity contribution in [3.63, 3.8) is 0 Å². The normalized spacial score (nSPS) is 15.5. The minimum Gasteiger partial charge on any atom is -0.456 e. The van der Waals surface area contributed by atoms with Crippen molar-refractivity contribution < 1.29 is 4.42 Å². The van der Waals surface area contributed by atoms with Gasteiger partial charge in [-0.1, -0.05) is 164 Å². The number of nitrogens with zero attached hydrogens (tertiary/aromatic N) is 4. The Labute approximate surface area is 335 Å². The van der Waals surface area contributed by atoms with E-state index in [1.165, 1.54) is 38.7 Å². The van der Waals surface area contributed by atoms with Gasteiger partial charge < -0.3 is 9.32 Å². The first-order chi connectivity index (χ1) is 28.7. The molecule has 12 rings (SSSR count). The molecule has 8 aromatic carbocycles. The van der Waals surface area contributed by atoms with Gasteiger partial charge in [-0.25, -0.2) is 15.0 Å². The Balaban J connectivity index is 0.962. The van der Waals surface area contributed by atoms with Crippen LogP contribution >= 0.6 is 0 Å². The van der Waals surface area contributed by atoms with Crippen LogP contribution in [0.15, 0.2) is 192 Å². The van der Waals surface area contributed by atoms with Gasteiger partial charge in [-0.15, -0.1) is 0 Å². The zero-order valence-electron chi connectivity index (χ0n) is 31.3. The Morgan fingerprint density at radius 1 is 0.431 bits per heavy atom. The molecule has 0 spiro atoms. The van der Waals surface area contributed by atoms with Crippen molar-refractivity contribution in [2.24, 2.45) is 0 Å². The van der Waals surface area contributed by atoms with E-state index < -0.39 is 0 Å². The van der Waals surface area contributed by atoms with Crippen LogP contribution in [-0.4, -0.2) is 21.0 Å². The second kappa shape index (κ2) is 13.0. The number of furan rings is 1. The molecule has 0 radical (unpaired) electrons. The molecule has 0 bridgehead atoms. The number of fused-ring (bicyclic) bond motifs is 10. The van der Waals surface area contributed by atoms with Crippen LogP contribution in [0, 0.1) is 0 Å². The standard InChI is InChI=1S/C53H34N4O/c1-3-11-33(12-4-1)34-19-21-38(22-20-34)52-54-51(37-15-5-2-6-16-37)55-53(56-52)39-24-27-43-44-29-26-40(32-48(44)58-47(43)31-39)57-46-30-25-35-13-7-9-17-41(35)49(46)45-28-23-36-14-8-10-18-42(36)50(45)57/h1-32,46,49H. The Morgan fingerprint density at radius 2 is 1.02 bits per heavy atom. The Bertz CT molecular complexity index is 3240. The van der Waals surface area contributed by atoms with Gasteiger partial charge in [0.25, 0.3) is 0 Å². The monoisotopic (exact) mass is 742 g/mol. The topological polar surface area (TPSA) is 55.1 Å². The van der Waals surface area contributed by atoms with E-state index in [0.29, 0.717) is 17.5 Å². The Hall–Kier alpha value is -7.63. The summed E-state index contributed by atoms with van der Waals surface area (Å²) in [6.45, 7) is 0. The molecule has 5 heteroatoms. The number of aromatic nitrogens is 3. The van der Waals surface area contributed by atoms with E-state index in [9.17, 15) is 0 Å². The quantitative estimate of drug-likeness (QED) is 0.176. The third kappa shape index (κ3) is 5.21. The lowest BCUT2D eigenvalue weighted by molar-refractivity contribution is 0.668. The molecule has 3 heterocycles. The largest absolute Gasteiger partial charge is 0.456 e. The van der Waals surface area contributed by atoms with E-state index in [-0.39, 0.29) is 12.0 Å². The molecule has 5 nitrogen and oxygen atoms in total. The van der Waals surface area contributed by atoms with E-state index in [4.69, 9.17) is 19.4 Å². The molecule has 2 unspecified atom stereocenters. The average molecular weight is 743 g/mol. The predicted octanol–water partition coefficient (Wildman–Crippen LogP) is 13.3. The van der Waals surface area contributed by atoms with E-state index in [1.54, 1.807) is 0 Å². The highest BCUT2D eigenvalue weighted by molar-refractivity contribution is 6.08. The van der Waals surface area contributed by atoms with Gasteiger partial charge in [0.15, 0.2) is 17.5 Å². The summed E-state index contributed by atoms with van der Waals surface area (Å²) in [4.78, 5) is 17.6. The van der Waals surface area contributed by atoms with Gasteiger partial charge in [-0.2, -0.15) is 0 Å². The fourth-order valence-corrected chi connectivity index (χ4v) is 9.12. The van der Waals surface area contributed by atoms with Crippen LogP contribution in [0.3, 0.4) is 0 Å². The molecule has 1 aliphatic heterocycles. The van der Waals surface area contributed by atoms with Crippen LogP contribution in [0.5, 0.6) is 0 Å². The maximum Gasteiger partial charge on any atom is 0.164 e. The van der Waals surface area contributed by atoms with Gasteiger partial charge in [0.2, 0.25) is 0 Å². The van der Waals surface area contributed by atoms with E-state index in [2.05, 4.69) is 163 Å². The molecule has 0 saturated carbocycles. The van der Waals surface area contributed by atoms with E-state index >= 15 is 0 Å². The van der Waals surface area contributed by atoms with Gasteiger partial charge in [0.05, 0.1) is 11.7 Å². The fraction of sp³-hybridized carbons (Fsp3) is 0.0377. The highest BCUT2D eigenvalue weighted by Gasteiger charge is 2.42. The lowest BCUT2D eigenvalue weighted by Gasteiger charge is -2.31. The Morgan fingerprint density at radius 3 is 1.81 bits per heavy atom. The van der Waals surface area contributed by atoms with Crippen molar-refractivity contribution in [1.82, 2.24) is 15.0 Å². The van der Waals surface area contributed by atoms with Crippen molar-refractivity contribution in [2.45, 2.75) is 12.0 Å². The average Bonchev–Trinajstić information content (AvgIpc) is 3.85. The summed E-state index contributed by atoms with van der Waals surface area (Å²) < 4.78 is 6.75. The predicted molar refractivity (Wildman–Crippen MR) is 236 cm³/mol. The second-order valence-electron chi connectivity index (χ2n) is 15.2. The number of hydrogen-bond acceptors (Lipinski definition) is 5. The van der Waals surface area contributed by atoms with Gasteiger partial charge in [-0.05, 0) is 57.5 Å². The SMILES string of the molecule is C1=CC2C(c3ccccc31)c1ccc3ccccc3c1N2c1ccc2c(c1)oc1cc(-c3nc(-c4ccccc4)nc(-c4ccc(-c5ccccc5)cc4)n3)ccc12. The third-order valence-electron chi connectivity index (χ3n) is 11.9. The highest BCUT2D eigenvalue weighted by Crippen LogP contribution is 2.54. The van der Waals surface area contributed by atoms with Gasteiger partial charge >= 0.3 is 0 Å². The van der Waals surface area contributed by atoms with Crippen LogP contribution in [0.25, 0.3) is 84.1 Å². The summed E-state index contributed by atoms with van der Waals surface area (Å²) in [7, 11) is 0. The molecular weight excluding hydrogens is 709 g/mol. The first-order valence-electron chi connectivity index (χ1n) is 19.8. The van der Waals surface area contributed by atoms with Crippen molar-refractivity contribution >= 4 is 50.2 Å². The van der Waals surface area contributed by atoms with E-state index in [1.807, 2.05) is 36.4 Å². The molecule has 0 amide bonds. The summed E-state index contributed by atoms with van der Waals surface area (Å²) >= 11 is 0.